The number of rotatable bonds is 7. The van der Waals surface area contributed by atoms with Crippen LogP contribution in [-0.4, -0.2) is 59.0 Å². The Morgan fingerprint density at radius 3 is 2.44 bits per heavy atom. The molecule has 7 heteroatoms. The third-order valence-corrected chi connectivity index (χ3v) is 4.82. The number of ether oxygens (including phenoxy) is 1. The van der Waals surface area contributed by atoms with Gasteiger partial charge < -0.3 is 15.0 Å². The van der Waals surface area contributed by atoms with Crippen LogP contribution in [0.15, 0.2) is 30.6 Å². The zero-order valence-electron chi connectivity index (χ0n) is 15.9. The number of imidazole rings is 1. The van der Waals surface area contributed by atoms with Crippen LogP contribution < -0.4 is 5.73 Å². The molecule has 0 spiro atoms. The fourth-order valence-electron chi connectivity index (χ4n) is 3.26. The first kappa shape index (κ1) is 19.3. The maximum Gasteiger partial charge on any atom is 0.269 e. The van der Waals surface area contributed by atoms with Crippen molar-refractivity contribution in [1.29, 1.82) is 0 Å². The van der Waals surface area contributed by atoms with Crippen molar-refractivity contribution in [2.75, 3.05) is 32.8 Å². The van der Waals surface area contributed by atoms with Gasteiger partial charge >= 0.3 is 0 Å². The minimum absolute atomic E-state index is 0.112. The molecule has 1 fully saturated rings. The van der Waals surface area contributed by atoms with Crippen LogP contribution in [0, 0.1) is 0 Å². The largest absolute Gasteiger partial charge is 0.379 e. The second-order valence-corrected chi connectivity index (χ2v) is 7.01. The van der Waals surface area contributed by atoms with E-state index in [4.69, 9.17) is 10.5 Å². The van der Waals surface area contributed by atoms with Crippen LogP contribution in [0.4, 0.5) is 0 Å². The normalized spacial score (nSPS) is 15.2. The van der Waals surface area contributed by atoms with E-state index >= 15 is 0 Å². The number of ketones is 1. The molecule has 1 aromatic carbocycles. The number of nitrogens with zero attached hydrogens (tertiary/aromatic N) is 3. The third-order valence-electron chi connectivity index (χ3n) is 4.82. The zero-order chi connectivity index (χ0) is 19.4. The lowest BCUT2D eigenvalue weighted by atomic mass is 10.0. The lowest BCUT2D eigenvalue weighted by Crippen LogP contribution is -2.37. The molecular weight excluding hydrogens is 344 g/mol. The highest BCUT2D eigenvalue weighted by molar-refractivity contribution is 5.98. The molecule has 27 heavy (non-hydrogen) atoms. The number of aromatic nitrogens is 2. The molecule has 2 N–H and O–H groups in total. The molecule has 1 aliphatic heterocycles. The molecule has 2 heterocycles. The highest BCUT2D eigenvalue weighted by atomic mass is 16.5. The van der Waals surface area contributed by atoms with E-state index < -0.39 is 5.91 Å². The van der Waals surface area contributed by atoms with Crippen LogP contribution in [0.2, 0.25) is 0 Å². The highest BCUT2D eigenvalue weighted by Gasteiger charge is 2.19. The molecule has 0 bridgehead atoms. The topological polar surface area (TPSA) is 90.5 Å². The second-order valence-electron chi connectivity index (χ2n) is 7.01. The average Bonchev–Trinajstić information content (AvgIpc) is 3.13. The smallest absolute Gasteiger partial charge is 0.269 e. The summed E-state index contributed by atoms with van der Waals surface area (Å²) in [4.78, 5) is 30.6. The predicted molar refractivity (Wildman–Crippen MR) is 103 cm³/mol. The Morgan fingerprint density at radius 2 is 1.85 bits per heavy atom. The summed E-state index contributed by atoms with van der Waals surface area (Å²) < 4.78 is 7.24. The molecule has 0 atom stereocenters. The summed E-state index contributed by atoms with van der Waals surface area (Å²) in [5.74, 6) is -0.449. The lowest BCUT2D eigenvalue weighted by molar-refractivity contribution is 0.0370. The molecule has 0 aliphatic carbocycles. The van der Waals surface area contributed by atoms with Gasteiger partial charge in [0.15, 0.2) is 11.5 Å². The summed E-state index contributed by atoms with van der Waals surface area (Å²) in [5.41, 5.74) is 7.89. The monoisotopic (exact) mass is 370 g/mol. The van der Waals surface area contributed by atoms with Gasteiger partial charge in [0.1, 0.15) is 0 Å². The Bertz CT molecular complexity index is 805. The highest BCUT2D eigenvalue weighted by Crippen LogP contribution is 2.26. The quantitative estimate of drug-likeness (QED) is 0.754. The molecule has 7 nitrogen and oxygen atoms in total. The molecule has 1 aliphatic rings. The summed E-state index contributed by atoms with van der Waals surface area (Å²) >= 11 is 0. The average molecular weight is 370 g/mol. The van der Waals surface area contributed by atoms with E-state index in [1.807, 2.05) is 30.5 Å². The Hall–Kier alpha value is -2.51. The molecular formula is C20H26N4O3. The van der Waals surface area contributed by atoms with Crippen molar-refractivity contribution in [3.05, 3.63) is 41.9 Å². The minimum atomic E-state index is -0.560. The molecule has 3 rings (SSSR count). The Labute approximate surface area is 159 Å². The first-order valence-electron chi connectivity index (χ1n) is 9.27. The third kappa shape index (κ3) is 4.43. The Kier molecular flexibility index (Phi) is 6.03. The van der Waals surface area contributed by atoms with Gasteiger partial charge in [-0.15, -0.1) is 0 Å². The van der Waals surface area contributed by atoms with Gasteiger partial charge in [-0.05, 0) is 13.8 Å². The van der Waals surface area contributed by atoms with Crippen LogP contribution in [0.5, 0.6) is 0 Å². The van der Waals surface area contributed by atoms with Crippen molar-refractivity contribution in [3.8, 4) is 11.3 Å². The molecule has 0 unspecified atom stereocenters. The number of morpholine rings is 1. The predicted octanol–water partition coefficient (Wildman–Crippen LogP) is 2.13. The van der Waals surface area contributed by atoms with E-state index in [1.54, 1.807) is 18.5 Å². The van der Waals surface area contributed by atoms with Gasteiger partial charge in [0, 0.05) is 43.2 Å². The van der Waals surface area contributed by atoms with Crippen LogP contribution in [-0.2, 0) is 4.74 Å². The number of nitrogens with two attached hydrogens (primary N) is 1. The SMILES string of the molecule is CC(C)n1cnc(C(N)=O)c1-c1ccc(C(=O)CCN2CCOCC2)cc1. The van der Waals surface area contributed by atoms with Crippen molar-refractivity contribution in [3.63, 3.8) is 0 Å². The van der Waals surface area contributed by atoms with E-state index in [0.29, 0.717) is 17.7 Å². The van der Waals surface area contributed by atoms with Gasteiger partial charge in [-0.1, -0.05) is 24.3 Å². The van der Waals surface area contributed by atoms with E-state index in [0.717, 1.165) is 38.4 Å². The zero-order valence-corrected chi connectivity index (χ0v) is 15.9. The van der Waals surface area contributed by atoms with Crippen LogP contribution in [0.3, 0.4) is 0 Å². The number of hydrogen-bond donors (Lipinski definition) is 1. The number of primary amides is 1. The fraction of sp³-hybridized carbons (Fsp3) is 0.450. The van der Waals surface area contributed by atoms with Crippen LogP contribution in [0.25, 0.3) is 11.3 Å². The first-order valence-corrected chi connectivity index (χ1v) is 9.27. The summed E-state index contributed by atoms with van der Waals surface area (Å²) in [6.07, 6.45) is 2.11. The Balaban J connectivity index is 1.74. The number of carbonyl (C=O) groups is 2. The number of Topliss-reactive ketones (excluding diaryl/α,β-unsaturated/α-hetero) is 1. The summed E-state index contributed by atoms with van der Waals surface area (Å²) in [7, 11) is 0. The van der Waals surface area contributed by atoms with Gasteiger partial charge in [-0.3, -0.25) is 14.5 Å². The van der Waals surface area contributed by atoms with Crippen LogP contribution >= 0.6 is 0 Å². The Morgan fingerprint density at radius 1 is 1.19 bits per heavy atom. The van der Waals surface area contributed by atoms with Gasteiger partial charge in [0.25, 0.3) is 5.91 Å². The van der Waals surface area contributed by atoms with Crippen molar-refractivity contribution >= 4 is 11.7 Å². The van der Waals surface area contributed by atoms with E-state index in [-0.39, 0.29) is 17.5 Å². The number of hydrogen-bond acceptors (Lipinski definition) is 5. The van der Waals surface area contributed by atoms with E-state index in [9.17, 15) is 9.59 Å². The van der Waals surface area contributed by atoms with E-state index in [1.165, 1.54) is 0 Å². The molecule has 1 aromatic heterocycles. The molecule has 1 amide bonds. The van der Waals surface area contributed by atoms with Gasteiger partial charge in [0.05, 0.1) is 25.2 Å². The van der Waals surface area contributed by atoms with Gasteiger partial charge in [-0.25, -0.2) is 4.98 Å². The maximum atomic E-state index is 12.5. The van der Waals surface area contributed by atoms with Crippen molar-refractivity contribution in [2.24, 2.45) is 5.73 Å². The standard InChI is InChI=1S/C20H26N4O3/c1-14(2)24-13-22-18(20(21)26)19(24)16-5-3-15(4-6-16)17(25)7-8-23-9-11-27-12-10-23/h3-6,13-14H,7-12H2,1-2H3,(H2,21,26). The molecule has 144 valence electrons. The van der Waals surface area contributed by atoms with Crippen LogP contribution in [0.1, 0.15) is 47.2 Å². The first-order chi connectivity index (χ1) is 13.0. The molecule has 1 saturated heterocycles. The fourth-order valence-corrected chi connectivity index (χ4v) is 3.26. The van der Waals surface area contributed by atoms with E-state index in [2.05, 4.69) is 9.88 Å². The summed E-state index contributed by atoms with van der Waals surface area (Å²) in [5, 5.41) is 0. The van der Waals surface area contributed by atoms with Crippen molar-refractivity contribution in [1.82, 2.24) is 14.5 Å². The number of amides is 1. The minimum Gasteiger partial charge on any atom is -0.379 e. The summed E-state index contributed by atoms with van der Waals surface area (Å²) in [6.45, 7) is 7.99. The molecule has 0 saturated carbocycles. The molecule has 0 radical (unpaired) electrons. The number of benzene rings is 1. The number of carbonyl (C=O) groups excluding carboxylic acids is 2. The second kappa shape index (κ2) is 8.45. The van der Waals surface area contributed by atoms with Crippen molar-refractivity contribution in [2.45, 2.75) is 26.3 Å². The van der Waals surface area contributed by atoms with Crippen molar-refractivity contribution < 1.29 is 14.3 Å². The molecule has 2 aromatic rings. The van der Waals surface area contributed by atoms with Gasteiger partial charge in [0.2, 0.25) is 0 Å². The lowest BCUT2D eigenvalue weighted by Gasteiger charge is -2.26. The van der Waals surface area contributed by atoms with Gasteiger partial charge in [-0.2, -0.15) is 0 Å². The maximum absolute atomic E-state index is 12.5. The summed E-state index contributed by atoms with van der Waals surface area (Å²) in [6, 6.07) is 7.45.